The number of carbonyl (C=O) groups excluding carboxylic acids is 1. The summed E-state index contributed by atoms with van der Waals surface area (Å²) in [6.07, 6.45) is 0.129. The van der Waals surface area contributed by atoms with E-state index in [1.807, 2.05) is 30.3 Å². The fourth-order valence-corrected chi connectivity index (χ4v) is 5.07. The van der Waals surface area contributed by atoms with Crippen molar-refractivity contribution < 1.29 is 13.2 Å². The molecule has 0 aliphatic heterocycles. The highest BCUT2D eigenvalue weighted by molar-refractivity contribution is 7.89. The van der Waals surface area contributed by atoms with Crippen molar-refractivity contribution in [2.45, 2.75) is 24.3 Å². The molecule has 0 unspecified atom stereocenters. The molecule has 3 aromatic rings. The summed E-state index contributed by atoms with van der Waals surface area (Å²) in [6, 6.07) is 17.2. The quantitative estimate of drug-likeness (QED) is 0.454. The van der Waals surface area contributed by atoms with Crippen LogP contribution in [0.5, 0.6) is 0 Å². The summed E-state index contributed by atoms with van der Waals surface area (Å²) in [5.74, 6) is -0.532. The number of sulfonamides is 1. The van der Waals surface area contributed by atoms with Gasteiger partial charge in [0.2, 0.25) is 15.9 Å². The number of hydrogen-bond donors (Lipinski definition) is 2. The van der Waals surface area contributed by atoms with E-state index < -0.39 is 22.0 Å². The summed E-state index contributed by atoms with van der Waals surface area (Å²) < 4.78 is 28.5. The molecule has 0 saturated heterocycles. The van der Waals surface area contributed by atoms with Crippen LogP contribution in [0.4, 0.5) is 5.69 Å². The first-order valence-corrected chi connectivity index (χ1v) is 11.9. The van der Waals surface area contributed by atoms with Gasteiger partial charge in [-0.3, -0.25) is 4.79 Å². The Labute approximate surface area is 196 Å². The van der Waals surface area contributed by atoms with Crippen molar-refractivity contribution in [3.05, 3.63) is 92.9 Å². The second kappa shape index (κ2) is 10.0. The lowest BCUT2D eigenvalue weighted by molar-refractivity contribution is -0.117. The van der Waals surface area contributed by atoms with Crippen molar-refractivity contribution in [1.29, 1.82) is 0 Å². The summed E-state index contributed by atoms with van der Waals surface area (Å²) in [7, 11) is -4.14. The monoisotopic (exact) mass is 496 g/mol. The van der Waals surface area contributed by atoms with Crippen molar-refractivity contribution >= 4 is 56.4 Å². The van der Waals surface area contributed by atoms with Crippen LogP contribution in [0, 0.1) is 6.92 Å². The highest BCUT2D eigenvalue weighted by Gasteiger charge is 2.28. The molecule has 0 spiro atoms. The van der Waals surface area contributed by atoms with Gasteiger partial charge in [-0.15, -0.1) is 0 Å². The predicted octanol–water partition coefficient (Wildman–Crippen LogP) is 5.48. The minimum atomic E-state index is -4.14. The number of nitrogens with one attached hydrogen (secondary N) is 2. The lowest BCUT2D eigenvalue weighted by Crippen LogP contribution is -2.45. The topological polar surface area (TPSA) is 75.3 Å². The second-order valence-electron chi connectivity index (χ2n) is 6.84. The summed E-state index contributed by atoms with van der Waals surface area (Å²) in [5, 5.41) is 3.46. The number of benzene rings is 3. The number of anilines is 1. The van der Waals surface area contributed by atoms with E-state index in [0.29, 0.717) is 16.3 Å². The minimum absolute atomic E-state index is 0.00135. The van der Waals surface area contributed by atoms with Gasteiger partial charge in [-0.05, 0) is 54.8 Å². The maximum absolute atomic E-state index is 13.1. The van der Waals surface area contributed by atoms with Crippen LogP contribution in [0.25, 0.3) is 0 Å². The zero-order valence-electron chi connectivity index (χ0n) is 16.4. The maximum atomic E-state index is 13.1. The van der Waals surface area contributed by atoms with Crippen molar-refractivity contribution in [3.63, 3.8) is 0 Å². The molecule has 162 valence electrons. The van der Waals surface area contributed by atoms with Gasteiger partial charge in [0.15, 0.2) is 0 Å². The molecule has 0 aromatic heterocycles. The van der Waals surface area contributed by atoms with Gasteiger partial charge < -0.3 is 5.32 Å². The molecule has 0 fully saturated rings. The molecule has 1 atom stereocenters. The molecule has 9 heteroatoms. The fourth-order valence-electron chi connectivity index (χ4n) is 2.93. The molecule has 0 aliphatic carbocycles. The average Bonchev–Trinajstić information content (AvgIpc) is 2.73. The van der Waals surface area contributed by atoms with Gasteiger partial charge in [0.25, 0.3) is 0 Å². The van der Waals surface area contributed by atoms with E-state index in [1.54, 1.807) is 25.1 Å². The third-order valence-electron chi connectivity index (χ3n) is 4.60. The Morgan fingerprint density at radius 2 is 1.65 bits per heavy atom. The Balaban J connectivity index is 1.93. The Morgan fingerprint density at radius 3 is 2.35 bits per heavy atom. The van der Waals surface area contributed by atoms with E-state index in [1.165, 1.54) is 18.2 Å². The lowest BCUT2D eigenvalue weighted by atomic mass is 10.1. The lowest BCUT2D eigenvalue weighted by Gasteiger charge is -2.20. The SMILES string of the molecule is Cc1c(Cl)cccc1NC(=O)[C@H](Cc1ccccc1)NS(=O)(=O)c1cc(Cl)ccc1Cl. The van der Waals surface area contributed by atoms with E-state index in [0.717, 1.165) is 5.56 Å². The largest absolute Gasteiger partial charge is 0.324 e. The van der Waals surface area contributed by atoms with Crippen LogP contribution in [-0.4, -0.2) is 20.4 Å². The maximum Gasteiger partial charge on any atom is 0.242 e. The van der Waals surface area contributed by atoms with E-state index >= 15 is 0 Å². The van der Waals surface area contributed by atoms with Crippen LogP contribution in [0.1, 0.15) is 11.1 Å². The van der Waals surface area contributed by atoms with Crippen LogP contribution in [0.2, 0.25) is 15.1 Å². The normalized spacial score (nSPS) is 12.4. The van der Waals surface area contributed by atoms with Crippen LogP contribution in [0.15, 0.2) is 71.6 Å². The van der Waals surface area contributed by atoms with Crippen LogP contribution < -0.4 is 10.0 Å². The first-order valence-electron chi connectivity index (χ1n) is 9.24. The van der Waals surface area contributed by atoms with Gasteiger partial charge in [0, 0.05) is 15.7 Å². The highest BCUT2D eigenvalue weighted by Crippen LogP contribution is 2.26. The standard InChI is InChI=1S/C22H19Cl3N2O3S/c1-14-17(24)8-5-9-19(14)26-22(28)20(12-15-6-3-2-4-7-15)27-31(29,30)21-13-16(23)10-11-18(21)25/h2-11,13,20,27H,12H2,1H3,(H,26,28)/t20-/m0/s1. The molecule has 0 radical (unpaired) electrons. The Kier molecular flexibility index (Phi) is 7.62. The van der Waals surface area contributed by atoms with E-state index in [-0.39, 0.29) is 21.4 Å². The van der Waals surface area contributed by atoms with Gasteiger partial charge in [-0.1, -0.05) is 71.2 Å². The van der Waals surface area contributed by atoms with Gasteiger partial charge >= 0.3 is 0 Å². The number of hydrogen-bond acceptors (Lipinski definition) is 3. The third kappa shape index (κ3) is 5.99. The molecule has 3 rings (SSSR count). The van der Waals surface area contributed by atoms with E-state index in [2.05, 4.69) is 10.0 Å². The molecule has 0 heterocycles. The van der Waals surface area contributed by atoms with Gasteiger partial charge in [-0.25, -0.2) is 8.42 Å². The second-order valence-corrected chi connectivity index (χ2v) is 9.77. The molecule has 1 amide bonds. The van der Waals surface area contributed by atoms with Crippen molar-refractivity contribution in [2.75, 3.05) is 5.32 Å². The van der Waals surface area contributed by atoms with Crippen LogP contribution >= 0.6 is 34.8 Å². The highest BCUT2D eigenvalue weighted by atomic mass is 35.5. The number of halogens is 3. The third-order valence-corrected chi connectivity index (χ3v) is 7.20. The summed E-state index contributed by atoms with van der Waals surface area (Å²) in [4.78, 5) is 12.9. The molecule has 2 N–H and O–H groups in total. The molecular formula is C22H19Cl3N2O3S. The molecule has 3 aromatic carbocycles. The van der Waals surface area contributed by atoms with Crippen molar-refractivity contribution in [1.82, 2.24) is 4.72 Å². The van der Waals surface area contributed by atoms with Crippen molar-refractivity contribution in [3.8, 4) is 0 Å². The first kappa shape index (κ1) is 23.6. The number of amides is 1. The molecule has 0 bridgehead atoms. The molecular weight excluding hydrogens is 479 g/mol. The van der Waals surface area contributed by atoms with E-state index in [9.17, 15) is 13.2 Å². The summed E-state index contributed by atoms with van der Waals surface area (Å²) in [5.41, 5.74) is 1.96. The zero-order valence-corrected chi connectivity index (χ0v) is 19.5. The molecule has 31 heavy (non-hydrogen) atoms. The summed E-state index contributed by atoms with van der Waals surface area (Å²) in [6.45, 7) is 1.76. The predicted molar refractivity (Wildman–Crippen MR) is 126 cm³/mol. The minimum Gasteiger partial charge on any atom is -0.324 e. The van der Waals surface area contributed by atoms with Gasteiger partial charge in [0.1, 0.15) is 10.9 Å². The Morgan fingerprint density at radius 1 is 0.935 bits per heavy atom. The first-order chi connectivity index (χ1) is 14.7. The van der Waals surface area contributed by atoms with Crippen LogP contribution in [0.3, 0.4) is 0 Å². The number of carbonyl (C=O) groups is 1. The van der Waals surface area contributed by atoms with E-state index in [4.69, 9.17) is 34.8 Å². The Bertz CT molecular complexity index is 1200. The number of rotatable bonds is 7. The smallest absolute Gasteiger partial charge is 0.242 e. The Hall–Kier alpha value is -2.09. The molecule has 0 aliphatic rings. The average molecular weight is 498 g/mol. The van der Waals surface area contributed by atoms with Gasteiger partial charge in [0.05, 0.1) is 5.02 Å². The summed E-state index contributed by atoms with van der Waals surface area (Å²) >= 11 is 18.2. The van der Waals surface area contributed by atoms with Crippen molar-refractivity contribution in [2.24, 2.45) is 0 Å². The van der Waals surface area contributed by atoms with Gasteiger partial charge in [-0.2, -0.15) is 4.72 Å². The molecule has 0 saturated carbocycles. The molecule has 5 nitrogen and oxygen atoms in total. The zero-order chi connectivity index (χ0) is 22.6. The van der Waals surface area contributed by atoms with Crippen LogP contribution in [-0.2, 0) is 21.2 Å². The fraction of sp³-hybridized carbons (Fsp3) is 0.136.